The number of nitro groups is 1. The van der Waals surface area contributed by atoms with E-state index < -0.39 is 10.7 Å². The molecule has 0 atom stereocenters. The van der Waals surface area contributed by atoms with Crippen molar-refractivity contribution in [3.05, 3.63) is 80.7 Å². The zero-order chi connectivity index (χ0) is 23.8. The monoisotopic (exact) mass is 464 g/mol. The van der Waals surface area contributed by atoms with Gasteiger partial charge in [0.25, 0.3) is 5.69 Å². The Morgan fingerprint density at radius 2 is 2.09 bits per heavy atom. The standard InChI is InChI=1S/C24H21FN4O5/c25-16-3-5-18-19(14-26-20(18)12-16)15-7-10-27(11-8-15)23(30)2-1-9-28-21-6-4-17(29(32)33)13-22(21)34-24(28)31/h3-7,12-14,26H,1-2,8-11H2. The molecule has 1 aliphatic rings. The second kappa shape index (κ2) is 8.62. The van der Waals surface area contributed by atoms with Crippen LogP contribution < -0.4 is 5.76 Å². The number of carbonyl (C=O) groups is 1. The number of aryl methyl sites for hydroxylation is 1. The van der Waals surface area contributed by atoms with E-state index in [1.165, 1.54) is 34.9 Å². The molecule has 0 radical (unpaired) electrons. The molecule has 3 heterocycles. The highest BCUT2D eigenvalue weighted by Crippen LogP contribution is 2.30. The van der Waals surface area contributed by atoms with Gasteiger partial charge in [0.15, 0.2) is 5.58 Å². The summed E-state index contributed by atoms with van der Waals surface area (Å²) in [5, 5.41) is 11.9. The molecule has 1 N–H and O–H groups in total. The van der Waals surface area contributed by atoms with Gasteiger partial charge in [-0.15, -0.1) is 0 Å². The van der Waals surface area contributed by atoms with Gasteiger partial charge in [0.1, 0.15) is 5.82 Å². The van der Waals surface area contributed by atoms with Gasteiger partial charge in [-0.2, -0.15) is 0 Å². The average molecular weight is 464 g/mol. The molecule has 9 nitrogen and oxygen atoms in total. The van der Waals surface area contributed by atoms with Crippen LogP contribution in [0.25, 0.3) is 27.6 Å². The Labute approximate surface area is 192 Å². The van der Waals surface area contributed by atoms with Crippen LogP contribution in [0.3, 0.4) is 0 Å². The van der Waals surface area contributed by atoms with E-state index in [1.807, 2.05) is 12.3 Å². The van der Waals surface area contributed by atoms with Gasteiger partial charge in [-0.3, -0.25) is 19.5 Å². The van der Waals surface area contributed by atoms with Crippen LogP contribution in [0.1, 0.15) is 24.8 Å². The number of non-ortho nitro benzene ring substituents is 1. The Kier molecular flexibility index (Phi) is 5.48. The minimum Gasteiger partial charge on any atom is -0.407 e. The third kappa shape index (κ3) is 3.98. The Morgan fingerprint density at radius 1 is 1.24 bits per heavy atom. The van der Waals surface area contributed by atoms with E-state index >= 15 is 0 Å². The van der Waals surface area contributed by atoms with Gasteiger partial charge in [-0.1, -0.05) is 6.08 Å². The largest absolute Gasteiger partial charge is 0.419 e. The zero-order valence-electron chi connectivity index (χ0n) is 18.1. The van der Waals surface area contributed by atoms with Crippen molar-refractivity contribution in [1.29, 1.82) is 0 Å². The minimum absolute atomic E-state index is 0.00668. The topological polar surface area (TPSA) is 114 Å². The first-order valence-electron chi connectivity index (χ1n) is 10.9. The van der Waals surface area contributed by atoms with Crippen LogP contribution in [0.5, 0.6) is 0 Å². The molecule has 0 fully saturated rings. The highest BCUT2D eigenvalue weighted by molar-refractivity contribution is 5.93. The normalized spacial score (nSPS) is 14.0. The molecular weight excluding hydrogens is 443 g/mol. The van der Waals surface area contributed by atoms with E-state index in [0.29, 0.717) is 31.4 Å². The van der Waals surface area contributed by atoms with Crippen LogP contribution in [0.2, 0.25) is 0 Å². The summed E-state index contributed by atoms with van der Waals surface area (Å²) < 4.78 is 20.0. The third-order valence-corrected chi connectivity index (χ3v) is 6.19. The molecule has 10 heteroatoms. The highest BCUT2D eigenvalue weighted by Gasteiger charge is 2.20. The van der Waals surface area contributed by atoms with Crippen LogP contribution >= 0.6 is 0 Å². The minimum atomic E-state index is -0.605. The first kappa shape index (κ1) is 21.6. The Morgan fingerprint density at radius 3 is 2.85 bits per heavy atom. The molecule has 1 aliphatic heterocycles. The second-order valence-electron chi connectivity index (χ2n) is 8.24. The third-order valence-electron chi connectivity index (χ3n) is 6.19. The number of hydrogen-bond donors (Lipinski definition) is 1. The molecule has 0 unspecified atom stereocenters. The quantitative estimate of drug-likeness (QED) is 0.339. The van der Waals surface area contributed by atoms with Crippen molar-refractivity contribution in [2.75, 3.05) is 13.1 Å². The van der Waals surface area contributed by atoms with E-state index in [0.717, 1.165) is 22.0 Å². The molecule has 5 rings (SSSR count). The maximum absolute atomic E-state index is 13.4. The van der Waals surface area contributed by atoms with Crippen LogP contribution in [0.4, 0.5) is 10.1 Å². The predicted molar refractivity (Wildman–Crippen MR) is 124 cm³/mol. The molecule has 0 aliphatic carbocycles. The first-order valence-corrected chi connectivity index (χ1v) is 10.9. The number of amides is 1. The SMILES string of the molecule is O=C(CCCn1c(=O)oc2cc([N+](=O)[O-])ccc21)N1CC=C(c2c[nH]c3cc(F)ccc23)CC1. The summed E-state index contributed by atoms with van der Waals surface area (Å²) >= 11 is 0. The van der Waals surface area contributed by atoms with Gasteiger partial charge in [-0.05, 0) is 42.7 Å². The molecule has 2 aromatic heterocycles. The number of rotatable bonds is 6. The number of aromatic amines is 1. The van der Waals surface area contributed by atoms with E-state index in [9.17, 15) is 24.1 Å². The summed E-state index contributed by atoms with van der Waals surface area (Å²) in [4.78, 5) is 40.1. The van der Waals surface area contributed by atoms with Crippen molar-refractivity contribution in [2.24, 2.45) is 0 Å². The number of carbonyl (C=O) groups excluding carboxylic acids is 1. The summed E-state index contributed by atoms with van der Waals surface area (Å²) in [5.41, 5.74) is 3.35. The number of H-pyrrole nitrogens is 1. The number of oxazole rings is 1. The number of hydrogen-bond acceptors (Lipinski definition) is 5. The Balaban J connectivity index is 1.21. The molecule has 2 aromatic carbocycles. The molecule has 0 spiro atoms. The maximum Gasteiger partial charge on any atom is 0.419 e. The van der Waals surface area contributed by atoms with Crippen LogP contribution in [0.15, 0.2) is 57.9 Å². The predicted octanol–water partition coefficient (Wildman–Crippen LogP) is 4.22. The van der Waals surface area contributed by atoms with Crippen molar-refractivity contribution < 1.29 is 18.5 Å². The number of nitrogens with zero attached hydrogens (tertiary/aromatic N) is 3. The number of fused-ring (bicyclic) bond motifs is 2. The van der Waals surface area contributed by atoms with Crippen molar-refractivity contribution in [1.82, 2.24) is 14.5 Å². The van der Waals surface area contributed by atoms with Gasteiger partial charge in [0.2, 0.25) is 5.91 Å². The number of aromatic nitrogens is 2. The second-order valence-corrected chi connectivity index (χ2v) is 8.24. The van der Waals surface area contributed by atoms with Crippen molar-refractivity contribution in [2.45, 2.75) is 25.8 Å². The van der Waals surface area contributed by atoms with Crippen molar-refractivity contribution >= 4 is 39.2 Å². The lowest BCUT2D eigenvalue weighted by Crippen LogP contribution is -2.34. The lowest BCUT2D eigenvalue weighted by molar-refractivity contribution is -0.384. The van der Waals surface area contributed by atoms with E-state index in [2.05, 4.69) is 4.98 Å². The van der Waals surface area contributed by atoms with Gasteiger partial charge in [0.05, 0.1) is 16.5 Å². The first-order chi connectivity index (χ1) is 16.4. The zero-order valence-corrected chi connectivity index (χ0v) is 18.1. The Hall–Kier alpha value is -4.21. The van der Waals surface area contributed by atoms with Gasteiger partial charge < -0.3 is 14.3 Å². The molecule has 0 bridgehead atoms. The molecule has 34 heavy (non-hydrogen) atoms. The summed E-state index contributed by atoms with van der Waals surface area (Å²) in [7, 11) is 0. The number of benzene rings is 2. The summed E-state index contributed by atoms with van der Waals surface area (Å²) in [6.07, 6.45) is 5.29. The smallest absolute Gasteiger partial charge is 0.407 e. The fourth-order valence-electron chi connectivity index (χ4n) is 4.43. The van der Waals surface area contributed by atoms with Gasteiger partial charge in [0, 0.05) is 54.8 Å². The molecule has 174 valence electrons. The summed E-state index contributed by atoms with van der Waals surface area (Å²) in [6, 6.07) is 8.69. The molecule has 0 saturated heterocycles. The molecule has 1 amide bonds. The number of nitrogens with one attached hydrogen (secondary N) is 1. The highest BCUT2D eigenvalue weighted by atomic mass is 19.1. The number of nitro benzene ring substituents is 1. The molecule has 0 saturated carbocycles. The maximum atomic E-state index is 13.4. The Bertz CT molecular complexity index is 1510. The lowest BCUT2D eigenvalue weighted by Gasteiger charge is -2.26. The fourth-order valence-corrected chi connectivity index (χ4v) is 4.43. The average Bonchev–Trinajstić information content (AvgIpc) is 3.38. The van der Waals surface area contributed by atoms with Crippen LogP contribution in [-0.4, -0.2) is 38.4 Å². The van der Waals surface area contributed by atoms with E-state index in [1.54, 1.807) is 11.0 Å². The van der Waals surface area contributed by atoms with Gasteiger partial charge >= 0.3 is 5.76 Å². The van der Waals surface area contributed by atoms with Gasteiger partial charge in [-0.25, -0.2) is 9.18 Å². The van der Waals surface area contributed by atoms with Crippen LogP contribution in [0, 0.1) is 15.9 Å². The summed E-state index contributed by atoms with van der Waals surface area (Å²) in [5.74, 6) is -0.901. The number of halogens is 1. The summed E-state index contributed by atoms with van der Waals surface area (Å²) in [6.45, 7) is 1.34. The van der Waals surface area contributed by atoms with Crippen LogP contribution in [-0.2, 0) is 11.3 Å². The van der Waals surface area contributed by atoms with Crippen molar-refractivity contribution in [3.8, 4) is 0 Å². The molecular formula is C24H21FN4O5. The van der Waals surface area contributed by atoms with E-state index in [4.69, 9.17) is 4.42 Å². The van der Waals surface area contributed by atoms with E-state index in [-0.39, 0.29) is 36.0 Å². The van der Waals surface area contributed by atoms with Crippen molar-refractivity contribution in [3.63, 3.8) is 0 Å². The lowest BCUT2D eigenvalue weighted by atomic mass is 9.98. The fraction of sp³-hybridized carbons (Fsp3) is 0.250. The molecule has 4 aromatic rings.